The lowest BCUT2D eigenvalue weighted by molar-refractivity contribution is -0.167. The van der Waals surface area contributed by atoms with Crippen LogP contribution in [0.25, 0.3) is 0 Å². The number of carbonyl (C=O) groups excluding carboxylic acids is 3. The summed E-state index contributed by atoms with van der Waals surface area (Å²) >= 11 is 0. The molecule has 6 heteroatoms. The third-order valence-electron chi connectivity index (χ3n) is 9.74. The Bertz CT molecular complexity index is 1350. The molecule has 0 radical (unpaired) electrons. The summed E-state index contributed by atoms with van der Waals surface area (Å²) in [4.78, 5) is 37.9. The van der Waals surface area contributed by atoms with Crippen molar-refractivity contribution in [1.29, 1.82) is 0 Å². The molecule has 0 spiro atoms. The molecule has 1 atom stereocenters. The van der Waals surface area contributed by atoms with E-state index in [1.54, 1.807) is 0 Å². The van der Waals surface area contributed by atoms with Crippen molar-refractivity contribution in [3.05, 3.63) is 122 Å². The molecule has 348 valence electrons. The van der Waals surface area contributed by atoms with E-state index in [0.29, 0.717) is 25.7 Å². The topological polar surface area (TPSA) is 78.9 Å². The van der Waals surface area contributed by atoms with Gasteiger partial charge in [0, 0.05) is 19.3 Å². The van der Waals surface area contributed by atoms with Crippen molar-refractivity contribution >= 4 is 17.9 Å². The number of ether oxygens (including phenoxy) is 3. The quantitative estimate of drug-likeness (QED) is 0.0200. The van der Waals surface area contributed by atoms with Crippen molar-refractivity contribution in [3.63, 3.8) is 0 Å². The van der Waals surface area contributed by atoms with Crippen LogP contribution >= 0.6 is 0 Å². The third-order valence-corrected chi connectivity index (χ3v) is 9.74. The first-order chi connectivity index (χ1) is 30.5. The largest absolute Gasteiger partial charge is 0.462 e. The minimum atomic E-state index is -0.824. The Morgan fingerprint density at radius 2 is 0.726 bits per heavy atom. The van der Waals surface area contributed by atoms with Crippen LogP contribution in [-0.4, -0.2) is 37.2 Å². The van der Waals surface area contributed by atoms with Gasteiger partial charge in [0.15, 0.2) is 6.10 Å². The molecule has 0 rings (SSSR count). The average molecular weight is 857 g/mol. The van der Waals surface area contributed by atoms with Gasteiger partial charge in [-0.2, -0.15) is 0 Å². The summed E-state index contributed by atoms with van der Waals surface area (Å²) in [5.41, 5.74) is 0. The highest BCUT2D eigenvalue weighted by atomic mass is 16.6. The molecule has 1 unspecified atom stereocenters. The van der Waals surface area contributed by atoms with Crippen molar-refractivity contribution in [2.24, 2.45) is 0 Å². The molecule has 0 aromatic rings. The van der Waals surface area contributed by atoms with E-state index in [4.69, 9.17) is 14.2 Å². The smallest absolute Gasteiger partial charge is 0.306 e. The molecule has 0 saturated heterocycles. The second kappa shape index (κ2) is 49.5. The highest BCUT2D eigenvalue weighted by Crippen LogP contribution is 2.12. The number of allylic oxidation sites excluding steroid dienone is 20. The van der Waals surface area contributed by atoms with Crippen molar-refractivity contribution in [2.75, 3.05) is 13.2 Å². The van der Waals surface area contributed by atoms with Gasteiger partial charge in [0.2, 0.25) is 0 Å². The lowest BCUT2D eigenvalue weighted by Crippen LogP contribution is -2.30. The molecule has 0 heterocycles. The van der Waals surface area contributed by atoms with Crippen molar-refractivity contribution in [2.45, 2.75) is 200 Å². The highest BCUT2D eigenvalue weighted by Gasteiger charge is 2.19. The van der Waals surface area contributed by atoms with Crippen molar-refractivity contribution in [1.82, 2.24) is 0 Å². The Morgan fingerprint density at radius 1 is 0.355 bits per heavy atom. The standard InChI is InChI=1S/C56H88O6/c1-4-7-10-13-16-19-22-25-27-28-30-31-34-37-40-43-46-49-55(58)61-52-53(51-60-54(57)48-45-42-39-36-33-24-21-18-15-12-9-6-3)62-56(59)50-47-44-41-38-35-32-29-26-23-20-17-14-11-8-5-2/h8-9,11-12,14,16-21,23,25,27,30-31,33,36-37,40,53H,4-7,10,13,15,22,24,26,28-29,32,34-35,38-39,41-52H2,1-3H3/b11-8-,12-9-,17-14-,19-16-,21-18-,23-20-,27-25-,31-30-,36-33-,40-37-. The van der Waals surface area contributed by atoms with Gasteiger partial charge in [-0.25, -0.2) is 0 Å². The summed E-state index contributed by atoms with van der Waals surface area (Å²) in [7, 11) is 0. The molecule has 6 nitrogen and oxygen atoms in total. The van der Waals surface area contributed by atoms with Gasteiger partial charge in [-0.05, 0) is 109 Å². The van der Waals surface area contributed by atoms with Gasteiger partial charge >= 0.3 is 17.9 Å². The Hall–Kier alpha value is -4.19. The van der Waals surface area contributed by atoms with E-state index in [1.165, 1.54) is 44.9 Å². The maximum atomic E-state index is 12.8. The van der Waals surface area contributed by atoms with Crippen LogP contribution in [-0.2, 0) is 28.6 Å². The zero-order valence-electron chi connectivity index (χ0n) is 39.6. The zero-order valence-corrected chi connectivity index (χ0v) is 39.6. The fourth-order valence-electron chi connectivity index (χ4n) is 6.09. The SMILES string of the molecule is CC\C=C/C=C\C=C/CCCCCCCCCC(=O)OC(COC(=O)CCC/C=C\C/C=C\C/C=C\C/C=C\CCCCC)COC(=O)CCCC/C=C\C/C=C\C/C=C\CC. The molecule has 0 aromatic carbocycles. The van der Waals surface area contributed by atoms with Gasteiger partial charge in [0.1, 0.15) is 13.2 Å². The number of esters is 3. The first-order valence-corrected chi connectivity index (χ1v) is 24.6. The van der Waals surface area contributed by atoms with E-state index in [1.807, 2.05) is 0 Å². The summed E-state index contributed by atoms with van der Waals surface area (Å²) in [5.74, 6) is -1.04. The van der Waals surface area contributed by atoms with E-state index in [2.05, 4.69) is 142 Å². The molecule has 0 amide bonds. The van der Waals surface area contributed by atoms with Gasteiger partial charge in [0.05, 0.1) is 0 Å². The molecular weight excluding hydrogens is 769 g/mol. The first-order valence-electron chi connectivity index (χ1n) is 24.6. The minimum absolute atomic E-state index is 0.124. The molecule has 0 aromatic heterocycles. The Morgan fingerprint density at radius 3 is 1.26 bits per heavy atom. The van der Waals surface area contributed by atoms with Crippen LogP contribution in [0.5, 0.6) is 0 Å². The monoisotopic (exact) mass is 857 g/mol. The van der Waals surface area contributed by atoms with Gasteiger partial charge < -0.3 is 14.2 Å². The minimum Gasteiger partial charge on any atom is -0.462 e. The van der Waals surface area contributed by atoms with Gasteiger partial charge in [-0.1, -0.05) is 187 Å². The molecule has 0 aliphatic rings. The number of hydrogen-bond acceptors (Lipinski definition) is 6. The lowest BCUT2D eigenvalue weighted by Gasteiger charge is -2.18. The second-order valence-electron chi connectivity index (χ2n) is 15.7. The Balaban J connectivity index is 4.56. The normalized spacial score (nSPS) is 13.1. The molecule has 0 N–H and O–H groups in total. The average Bonchev–Trinajstić information content (AvgIpc) is 3.27. The first kappa shape index (κ1) is 57.8. The molecule has 62 heavy (non-hydrogen) atoms. The predicted octanol–water partition coefficient (Wildman–Crippen LogP) is 16.1. The third kappa shape index (κ3) is 46.9. The molecule has 0 bridgehead atoms. The van der Waals surface area contributed by atoms with Crippen LogP contribution in [0.1, 0.15) is 194 Å². The van der Waals surface area contributed by atoms with Crippen LogP contribution in [0, 0.1) is 0 Å². The summed E-state index contributed by atoms with van der Waals surface area (Å²) in [5, 5.41) is 0. The number of carbonyl (C=O) groups is 3. The van der Waals surface area contributed by atoms with E-state index < -0.39 is 6.10 Å². The lowest BCUT2D eigenvalue weighted by atomic mass is 10.1. The summed E-state index contributed by atoms with van der Waals surface area (Å²) in [6, 6.07) is 0. The van der Waals surface area contributed by atoms with Crippen LogP contribution in [0.2, 0.25) is 0 Å². The summed E-state index contributed by atoms with van der Waals surface area (Å²) in [6.45, 7) is 6.24. The molecule has 0 aliphatic carbocycles. The van der Waals surface area contributed by atoms with Gasteiger partial charge in [0.25, 0.3) is 0 Å². The Labute approximate surface area is 380 Å². The van der Waals surface area contributed by atoms with E-state index in [-0.39, 0.29) is 37.5 Å². The van der Waals surface area contributed by atoms with Gasteiger partial charge in [-0.3, -0.25) is 14.4 Å². The van der Waals surface area contributed by atoms with Crippen LogP contribution in [0.3, 0.4) is 0 Å². The van der Waals surface area contributed by atoms with E-state index in [9.17, 15) is 14.4 Å². The highest BCUT2D eigenvalue weighted by molar-refractivity contribution is 5.71. The molecule has 0 saturated carbocycles. The van der Waals surface area contributed by atoms with Crippen molar-refractivity contribution < 1.29 is 28.6 Å². The van der Waals surface area contributed by atoms with Crippen LogP contribution < -0.4 is 0 Å². The maximum absolute atomic E-state index is 12.8. The number of rotatable bonds is 42. The second-order valence-corrected chi connectivity index (χ2v) is 15.7. The number of hydrogen-bond donors (Lipinski definition) is 0. The summed E-state index contributed by atoms with van der Waals surface area (Å²) < 4.78 is 16.7. The van der Waals surface area contributed by atoms with Crippen LogP contribution in [0.4, 0.5) is 0 Å². The maximum Gasteiger partial charge on any atom is 0.306 e. The van der Waals surface area contributed by atoms with Gasteiger partial charge in [-0.15, -0.1) is 0 Å². The molecule has 0 fully saturated rings. The van der Waals surface area contributed by atoms with Crippen LogP contribution in [0.15, 0.2) is 122 Å². The van der Waals surface area contributed by atoms with E-state index >= 15 is 0 Å². The molecule has 0 aliphatic heterocycles. The van der Waals surface area contributed by atoms with Crippen molar-refractivity contribution in [3.8, 4) is 0 Å². The number of unbranched alkanes of at least 4 members (excludes halogenated alkanes) is 13. The predicted molar refractivity (Wildman–Crippen MR) is 265 cm³/mol. The fraction of sp³-hybridized carbons (Fsp3) is 0.589. The van der Waals surface area contributed by atoms with E-state index in [0.717, 1.165) is 96.3 Å². The molecular formula is C56H88O6. The Kier molecular flexibility index (Phi) is 46.1. The summed E-state index contributed by atoms with van der Waals surface area (Å²) in [6.07, 6.45) is 67.6. The zero-order chi connectivity index (χ0) is 45.1. The fourth-order valence-corrected chi connectivity index (χ4v) is 6.09.